The lowest BCUT2D eigenvalue weighted by molar-refractivity contribution is -0.116. The van der Waals surface area contributed by atoms with E-state index in [0.29, 0.717) is 23.8 Å². The number of urea groups is 1. The first kappa shape index (κ1) is 24.3. The number of nitrogens with zero attached hydrogens (tertiary/aromatic N) is 5. The highest BCUT2D eigenvalue weighted by molar-refractivity contribution is 8.14. The minimum Gasteiger partial charge on any atom is -0.339 e. The molecule has 0 aromatic heterocycles. The Morgan fingerprint density at radius 1 is 1.18 bits per heavy atom. The molecular weight excluding hydrogens is 376 g/mol. The van der Waals surface area contributed by atoms with Gasteiger partial charge in [0.05, 0.1) is 10.8 Å². The van der Waals surface area contributed by atoms with Gasteiger partial charge in [-0.2, -0.15) is 4.99 Å². The first-order valence-corrected chi connectivity index (χ1v) is 10.9. The molecule has 0 bridgehead atoms. The van der Waals surface area contributed by atoms with Crippen molar-refractivity contribution in [2.45, 2.75) is 40.0 Å². The summed E-state index contributed by atoms with van der Waals surface area (Å²) in [6, 6.07) is -0.349. The summed E-state index contributed by atoms with van der Waals surface area (Å²) in [5.74, 6) is 1.33. The van der Waals surface area contributed by atoms with Crippen molar-refractivity contribution in [1.29, 1.82) is 0 Å². The van der Waals surface area contributed by atoms with Crippen LogP contribution in [-0.4, -0.2) is 90.9 Å². The summed E-state index contributed by atoms with van der Waals surface area (Å²) in [5.41, 5.74) is 0. The predicted molar refractivity (Wildman–Crippen MR) is 119 cm³/mol. The molecule has 0 aliphatic carbocycles. The SMILES string of the molecule is CCC/C=N\C(=N/C)N1CCN(CCNC(=O)/N=C(/C)SCC(=O)CC)CC1. The van der Waals surface area contributed by atoms with E-state index < -0.39 is 0 Å². The van der Waals surface area contributed by atoms with Crippen LogP contribution in [-0.2, 0) is 4.79 Å². The molecule has 1 fully saturated rings. The van der Waals surface area contributed by atoms with E-state index in [2.05, 4.69) is 37.0 Å². The normalized spacial score (nSPS) is 16.6. The summed E-state index contributed by atoms with van der Waals surface area (Å²) in [6.45, 7) is 10.6. The molecule has 0 spiro atoms. The molecule has 0 radical (unpaired) electrons. The minimum absolute atomic E-state index is 0.159. The van der Waals surface area contributed by atoms with Gasteiger partial charge in [-0.3, -0.25) is 14.7 Å². The Morgan fingerprint density at radius 2 is 1.89 bits per heavy atom. The van der Waals surface area contributed by atoms with E-state index in [-0.39, 0.29) is 11.8 Å². The summed E-state index contributed by atoms with van der Waals surface area (Å²) in [6.07, 6.45) is 4.49. The molecule has 1 N–H and O–H groups in total. The van der Waals surface area contributed by atoms with Crippen molar-refractivity contribution >= 4 is 40.8 Å². The molecule has 9 heteroatoms. The fraction of sp³-hybridized carbons (Fsp3) is 0.737. The maximum Gasteiger partial charge on any atom is 0.341 e. The van der Waals surface area contributed by atoms with Crippen molar-refractivity contribution in [3.8, 4) is 0 Å². The molecule has 1 saturated heterocycles. The second kappa shape index (κ2) is 14.3. The Balaban J connectivity index is 2.27. The molecule has 8 nitrogen and oxygen atoms in total. The maximum absolute atomic E-state index is 11.9. The molecule has 2 amide bonds. The Bertz CT molecular complexity index is 583. The molecule has 28 heavy (non-hydrogen) atoms. The van der Waals surface area contributed by atoms with Crippen LogP contribution in [0.5, 0.6) is 0 Å². The van der Waals surface area contributed by atoms with Gasteiger partial charge in [0.15, 0.2) is 0 Å². The van der Waals surface area contributed by atoms with Crippen LogP contribution in [0.15, 0.2) is 15.0 Å². The van der Waals surface area contributed by atoms with Crippen LogP contribution in [0.3, 0.4) is 0 Å². The number of unbranched alkanes of at least 4 members (excludes halogenated alkanes) is 1. The monoisotopic (exact) mass is 410 g/mol. The van der Waals surface area contributed by atoms with Gasteiger partial charge in [0, 0.05) is 59.0 Å². The Morgan fingerprint density at radius 3 is 2.50 bits per heavy atom. The van der Waals surface area contributed by atoms with E-state index in [9.17, 15) is 9.59 Å². The molecule has 0 saturated carbocycles. The van der Waals surface area contributed by atoms with E-state index in [1.54, 1.807) is 14.0 Å². The van der Waals surface area contributed by atoms with Gasteiger partial charge in [-0.25, -0.2) is 9.79 Å². The van der Waals surface area contributed by atoms with Crippen LogP contribution >= 0.6 is 11.8 Å². The van der Waals surface area contributed by atoms with Crippen molar-refractivity contribution in [3.63, 3.8) is 0 Å². The van der Waals surface area contributed by atoms with Gasteiger partial charge in [0.2, 0.25) is 5.96 Å². The third-order valence-electron chi connectivity index (χ3n) is 4.28. The number of Topliss-reactive ketones (excluding diaryl/α,β-unsaturated/α-hetero) is 1. The van der Waals surface area contributed by atoms with Gasteiger partial charge in [0.1, 0.15) is 5.78 Å². The van der Waals surface area contributed by atoms with E-state index in [1.165, 1.54) is 11.8 Å². The number of aliphatic imine (C=N–C) groups is 3. The molecule has 1 aliphatic heterocycles. The summed E-state index contributed by atoms with van der Waals surface area (Å²) in [4.78, 5) is 40.4. The molecular formula is C19H34N6O2S. The van der Waals surface area contributed by atoms with Crippen LogP contribution in [0.4, 0.5) is 4.79 Å². The van der Waals surface area contributed by atoms with E-state index in [1.807, 2.05) is 13.1 Å². The number of nitrogens with one attached hydrogen (secondary N) is 1. The number of hydrogen-bond donors (Lipinski definition) is 1. The van der Waals surface area contributed by atoms with Gasteiger partial charge in [-0.05, 0) is 13.3 Å². The lowest BCUT2D eigenvalue weighted by atomic mass is 10.3. The second-order valence-electron chi connectivity index (χ2n) is 6.50. The first-order valence-electron chi connectivity index (χ1n) is 9.94. The summed E-state index contributed by atoms with van der Waals surface area (Å²) in [5, 5.41) is 3.43. The van der Waals surface area contributed by atoms with Crippen LogP contribution in [0.1, 0.15) is 40.0 Å². The van der Waals surface area contributed by atoms with Gasteiger partial charge in [0.25, 0.3) is 0 Å². The number of thioether (sulfide) groups is 1. The van der Waals surface area contributed by atoms with Gasteiger partial charge in [-0.15, -0.1) is 11.8 Å². The zero-order valence-electron chi connectivity index (χ0n) is 17.6. The van der Waals surface area contributed by atoms with Crippen LogP contribution in [0.25, 0.3) is 0 Å². The molecule has 0 aromatic carbocycles. The smallest absolute Gasteiger partial charge is 0.339 e. The first-order chi connectivity index (χ1) is 13.5. The number of carbonyl (C=O) groups excluding carboxylic acids is 2. The molecule has 1 rings (SSSR count). The highest BCUT2D eigenvalue weighted by Gasteiger charge is 2.18. The van der Waals surface area contributed by atoms with Crippen LogP contribution < -0.4 is 5.32 Å². The Labute approximate surface area is 173 Å². The number of ketones is 1. The molecule has 0 atom stereocenters. The number of guanidine groups is 1. The lowest BCUT2D eigenvalue weighted by Gasteiger charge is -2.35. The Hall–Kier alpha value is -1.74. The van der Waals surface area contributed by atoms with E-state index >= 15 is 0 Å². The number of piperazine rings is 1. The van der Waals surface area contributed by atoms with Crippen LogP contribution in [0, 0.1) is 0 Å². The third kappa shape index (κ3) is 9.98. The largest absolute Gasteiger partial charge is 0.341 e. The number of rotatable bonds is 8. The standard InChI is InChI=1S/C19H34N6O2S/c1-5-7-8-21-18(20-4)25-13-11-24(12-14-25)10-9-22-19(27)23-16(3)28-15-17(26)6-2/h8H,5-7,9-15H2,1-4H3,(H,22,27)/b20-18+,21-8-,23-16-. The zero-order chi connectivity index (χ0) is 20.8. The topological polar surface area (TPSA) is 89.7 Å². The summed E-state index contributed by atoms with van der Waals surface area (Å²) in [7, 11) is 1.78. The molecule has 0 unspecified atom stereocenters. The quantitative estimate of drug-likeness (QED) is 0.490. The number of hydrogen-bond acceptors (Lipinski definition) is 5. The molecule has 1 aliphatic rings. The van der Waals surface area contributed by atoms with Crippen molar-refractivity contribution in [1.82, 2.24) is 15.1 Å². The minimum atomic E-state index is -0.349. The molecule has 0 aromatic rings. The van der Waals surface area contributed by atoms with Gasteiger partial charge in [-0.1, -0.05) is 20.3 Å². The van der Waals surface area contributed by atoms with Crippen molar-refractivity contribution < 1.29 is 9.59 Å². The number of carbonyl (C=O) groups is 2. The highest BCUT2D eigenvalue weighted by atomic mass is 32.2. The second-order valence-corrected chi connectivity index (χ2v) is 7.66. The van der Waals surface area contributed by atoms with Crippen molar-refractivity contribution in [2.75, 3.05) is 52.1 Å². The average molecular weight is 411 g/mol. The molecule has 1 heterocycles. The molecule has 158 valence electrons. The van der Waals surface area contributed by atoms with Crippen molar-refractivity contribution in [2.24, 2.45) is 15.0 Å². The maximum atomic E-state index is 11.9. The Kier molecular flexibility index (Phi) is 12.4. The average Bonchev–Trinajstić information content (AvgIpc) is 2.70. The fourth-order valence-corrected chi connectivity index (χ4v) is 3.27. The van der Waals surface area contributed by atoms with Gasteiger partial charge < -0.3 is 10.2 Å². The van der Waals surface area contributed by atoms with E-state index in [0.717, 1.165) is 51.5 Å². The highest BCUT2D eigenvalue weighted by Crippen LogP contribution is 2.06. The summed E-state index contributed by atoms with van der Waals surface area (Å²) < 4.78 is 0. The lowest BCUT2D eigenvalue weighted by Crippen LogP contribution is -2.49. The predicted octanol–water partition coefficient (Wildman–Crippen LogP) is 2.30. The summed E-state index contributed by atoms with van der Waals surface area (Å²) >= 11 is 1.31. The van der Waals surface area contributed by atoms with Crippen LogP contribution in [0.2, 0.25) is 0 Å². The van der Waals surface area contributed by atoms with Gasteiger partial charge >= 0.3 is 6.03 Å². The fourth-order valence-electron chi connectivity index (χ4n) is 2.55. The number of amides is 2. The van der Waals surface area contributed by atoms with Crippen molar-refractivity contribution in [3.05, 3.63) is 0 Å². The van der Waals surface area contributed by atoms with E-state index in [4.69, 9.17) is 0 Å². The zero-order valence-corrected chi connectivity index (χ0v) is 18.4. The third-order valence-corrected chi connectivity index (χ3v) is 5.25.